The van der Waals surface area contributed by atoms with E-state index in [2.05, 4.69) is 13.5 Å². The summed E-state index contributed by atoms with van der Waals surface area (Å²) in [5.74, 6) is 0.0807. The van der Waals surface area contributed by atoms with Gasteiger partial charge in [-0.25, -0.2) is 0 Å². The molecule has 11 heavy (non-hydrogen) atoms. The maximum Gasteiger partial charge on any atom is 0.246 e. The van der Waals surface area contributed by atoms with E-state index in [0.717, 1.165) is 19.4 Å². The fourth-order valence-electron chi connectivity index (χ4n) is 1.54. The molecule has 1 saturated heterocycles. The second kappa shape index (κ2) is 3.56. The zero-order chi connectivity index (χ0) is 8.27. The molecule has 0 radical (unpaired) electrons. The molecule has 1 aliphatic heterocycles. The lowest BCUT2D eigenvalue weighted by Gasteiger charge is -2.32. The smallest absolute Gasteiger partial charge is 0.246 e. The maximum absolute atomic E-state index is 11.2. The van der Waals surface area contributed by atoms with E-state index in [4.69, 9.17) is 0 Å². The van der Waals surface area contributed by atoms with Crippen LogP contribution in [0, 0.1) is 0 Å². The Bertz CT molecular complexity index is 165. The predicted molar refractivity (Wildman–Crippen MR) is 45.2 cm³/mol. The number of likely N-dealkylation sites (tertiary alicyclic amines) is 1. The van der Waals surface area contributed by atoms with E-state index in [9.17, 15) is 4.79 Å². The molecule has 0 unspecified atom stereocenters. The average Bonchev–Trinajstić information content (AvgIpc) is 2.04. The summed E-state index contributed by atoms with van der Waals surface area (Å²) in [6.07, 6.45) is 4.94. The van der Waals surface area contributed by atoms with Gasteiger partial charge in [-0.1, -0.05) is 6.58 Å². The summed E-state index contributed by atoms with van der Waals surface area (Å²) in [4.78, 5) is 13.1. The van der Waals surface area contributed by atoms with Gasteiger partial charge in [-0.15, -0.1) is 0 Å². The van der Waals surface area contributed by atoms with Gasteiger partial charge in [-0.05, 0) is 32.3 Å². The molecular weight excluding hydrogens is 138 g/mol. The molecule has 2 heteroatoms. The molecule has 0 bridgehead atoms. The molecule has 1 heterocycles. The Morgan fingerprint density at radius 2 is 2.36 bits per heavy atom. The summed E-state index contributed by atoms with van der Waals surface area (Å²) in [6, 6.07) is 0.411. The maximum atomic E-state index is 11.2. The van der Waals surface area contributed by atoms with E-state index in [1.165, 1.54) is 12.5 Å². The van der Waals surface area contributed by atoms with Crippen LogP contribution in [0.2, 0.25) is 0 Å². The summed E-state index contributed by atoms with van der Waals surface area (Å²) in [5.41, 5.74) is 0. The molecule has 1 amide bonds. The monoisotopic (exact) mass is 153 g/mol. The van der Waals surface area contributed by atoms with Crippen molar-refractivity contribution in [3.63, 3.8) is 0 Å². The molecule has 0 aliphatic carbocycles. The minimum Gasteiger partial charge on any atom is -0.336 e. The van der Waals surface area contributed by atoms with Crippen molar-refractivity contribution in [2.45, 2.75) is 32.2 Å². The zero-order valence-corrected chi connectivity index (χ0v) is 7.05. The predicted octanol–water partition coefficient (Wildman–Crippen LogP) is 1.57. The van der Waals surface area contributed by atoms with E-state index in [0.29, 0.717) is 6.04 Å². The first-order valence-corrected chi connectivity index (χ1v) is 4.18. The largest absolute Gasteiger partial charge is 0.336 e. The van der Waals surface area contributed by atoms with Crippen LogP contribution in [-0.2, 0) is 4.79 Å². The van der Waals surface area contributed by atoms with Crippen molar-refractivity contribution in [1.29, 1.82) is 0 Å². The molecule has 1 aliphatic rings. The molecule has 0 saturated carbocycles. The van der Waals surface area contributed by atoms with Gasteiger partial charge in [0.1, 0.15) is 0 Å². The molecular formula is C9H15NO. The fourth-order valence-corrected chi connectivity index (χ4v) is 1.54. The molecule has 0 N–H and O–H groups in total. The highest BCUT2D eigenvalue weighted by Gasteiger charge is 2.20. The van der Waals surface area contributed by atoms with Crippen LogP contribution in [0.4, 0.5) is 0 Å². The second-order valence-electron chi connectivity index (χ2n) is 3.08. The average molecular weight is 153 g/mol. The normalized spacial score (nSPS) is 24.8. The Morgan fingerprint density at radius 1 is 1.64 bits per heavy atom. The molecule has 1 atom stereocenters. The third kappa shape index (κ3) is 1.82. The fraction of sp³-hybridized carbons (Fsp3) is 0.667. The van der Waals surface area contributed by atoms with Gasteiger partial charge < -0.3 is 4.90 Å². The van der Waals surface area contributed by atoms with Crippen molar-refractivity contribution in [2.24, 2.45) is 0 Å². The number of carbonyl (C=O) groups is 1. The quantitative estimate of drug-likeness (QED) is 0.524. The van der Waals surface area contributed by atoms with Gasteiger partial charge in [0.05, 0.1) is 0 Å². The Hall–Kier alpha value is -0.790. The Balaban J connectivity index is 2.53. The first-order chi connectivity index (χ1) is 5.25. The van der Waals surface area contributed by atoms with Gasteiger partial charge >= 0.3 is 0 Å². The van der Waals surface area contributed by atoms with Crippen molar-refractivity contribution in [3.8, 4) is 0 Å². The highest BCUT2D eigenvalue weighted by atomic mass is 16.2. The van der Waals surface area contributed by atoms with Crippen LogP contribution in [0.25, 0.3) is 0 Å². The van der Waals surface area contributed by atoms with Gasteiger partial charge in [-0.3, -0.25) is 4.79 Å². The minimum atomic E-state index is 0.0807. The van der Waals surface area contributed by atoms with Crippen LogP contribution in [0.5, 0.6) is 0 Å². The standard InChI is InChI=1S/C9H15NO/c1-3-9(11)10-7-5-4-6-8(10)2/h3,8H,1,4-7H2,2H3/t8-/m0/s1. The molecule has 0 spiro atoms. The van der Waals surface area contributed by atoms with Crippen LogP contribution in [0.1, 0.15) is 26.2 Å². The summed E-state index contributed by atoms with van der Waals surface area (Å²) in [7, 11) is 0. The van der Waals surface area contributed by atoms with Crippen molar-refractivity contribution >= 4 is 5.91 Å². The number of carbonyl (C=O) groups excluding carboxylic acids is 1. The lowest BCUT2D eigenvalue weighted by Crippen LogP contribution is -2.40. The lowest BCUT2D eigenvalue weighted by molar-refractivity contribution is -0.129. The molecule has 1 rings (SSSR count). The van der Waals surface area contributed by atoms with Crippen LogP contribution >= 0.6 is 0 Å². The van der Waals surface area contributed by atoms with Crippen LogP contribution < -0.4 is 0 Å². The molecule has 2 nitrogen and oxygen atoms in total. The number of piperidine rings is 1. The lowest BCUT2D eigenvalue weighted by atomic mass is 10.0. The first-order valence-electron chi connectivity index (χ1n) is 4.18. The molecule has 62 valence electrons. The van der Waals surface area contributed by atoms with Gasteiger partial charge in [0.2, 0.25) is 5.91 Å². The molecule has 0 aromatic carbocycles. The molecule has 0 aromatic rings. The summed E-state index contributed by atoms with van der Waals surface area (Å²) < 4.78 is 0. The van der Waals surface area contributed by atoms with Gasteiger partial charge in [-0.2, -0.15) is 0 Å². The van der Waals surface area contributed by atoms with Gasteiger partial charge in [0.15, 0.2) is 0 Å². The van der Waals surface area contributed by atoms with Crippen molar-refractivity contribution < 1.29 is 4.79 Å². The summed E-state index contributed by atoms with van der Waals surface area (Å²) in [5, 5.41) is 0. The minimum absolute atomic E-state index is 0.0807. The Kier molecular flexibility index (Phi) is 2.69. The third-order valence-electron chi connectivity index (χ3n) is 2.26. The van der Waals surface area contributed by atoms with Crippen LogP contribution in [-0.4, -0.2) is 23.4 Å². The highest BCUT2D eigenvalue weighted by molar-refractivity contribution is 5.87. The number of nitrogens with zero attached hydrogens (tertiary/aromatic N) is 1. The first kappa shape index (κ1) is 8.31. The summed E-state index contributed by atoms with van der Waals surface area (Å²) in [6.45, 7) is 6.49. The van der Waals surface area contributed by atoms with Crippen LogP contribution in [0.15, 0.2) is 12.7 Å². The topological polar surface area (TPSA) is 20.3 Å². The van der Waals surface area contributed by atoms with Gasteiger partial charge in [0.25, 0.3) is 0 Å². The third-order valence-corrected chi connectivity index (χ3v) is 2.26. The van der Waals surface area contributed by atoms with E-state index >= 15 is 0 Å². The number of hydrogen-bond donors (Lipinski definition) is 0. The van der Waals surface area contributed by atoms with Crippen molar-refractivity contribution in [1.82, 2.24) is 4.90 Å². The van der Waals surface area contributed by atoms with Gasteiger partial charge in [0, 0.05) is 12.6 Å². The zero-order valence-electron chi connectivity index (χ0n) is 7.05. The van der Waals surface area contributed by atoms with E-state index in [1.54, 1.807) is 0 Å². The molecule has 0 aromatic heterocycles. The second-order valence-corrected chi connectivity index (χ2v) is 3.08. The van der Waals surface area contributed by atoms with E-state index in [-0.39, 0.29) is 5.91 Å². The number of amides is 1. The Labute approximate surface area is 67.9 Å². The molecule has 1 fully saturated rings. The highest BCUT2D eigenvalue weighted by Crippen LogP contribution is 2.16. The SMILES string of the molecule is C=CC(=O)N1CCCC[C@@H]1C. The van der Waals surface area contributed by atoms with Crippen molar-refractivity contribution in [3.05, 3.63) is 12.7 Å². The van der Waals surface area contributed by atoms with E-state index in [1.807, 2.05) is 4.90 Å². The Morgan fingerprint density at radius 3 is 2.91 bits per heavy atom. The summed E-state index contributed by atoms with van der Waals surface area (Å²) >= 11 is 0. The number of hydrogen-bond acceptors (Lipinski definition) is 1. The van der Waals surface area contributed by atoms with Crippen molar-refractivity contribution in [2.75, 3.05) is 6.54 Å². The van der Waals surface area contributed by atoms with E-state index < -0.39 is 0 Å². The van der Waals surface area contributed by atoms with Crippen LogP contribution in [0.3, 0.4) is 0 Å². The number of rotatable bonds is 1.